The second-order valence-corrected chi connectivity index (χ2v) is 2.81. The maximum atomic E-state index is 11.2. The van der Waals surface area contributed by atoms with Gasteiger partial charge in [0.05, 0.1) is 11.8 Å². The van der Waals surface area contributed by atoms with Crippen molar-refractivity contribution in [3.8, 4) is 0 Å². The zero-order chi connectivity index (χ0) is 10.1. The molecule has 3 nitrogen and oxygen atoms in total. The number of hydrogen-bond donors (Lipinski definition) is 0. The van der Waals surface area contributed by atoms with Gasteiger partial charge in [0.25, 0.3) is 0 Å². The number of thiocarbonyl (C=S) groups is 1. The summed E-state index contributed by atoms with van der Waals surface area (Å²) in [6.45, 7) is 4.22. The molecule has 13 heavy (non-hydrogen) atoms. The predicted octanol–water partition coefficient (Wildman–Crippen LogP) is 2.21. The standard InChI is InChI=1S/C9H15NO2S/c1-3-5-6-8(10-7-13)9(11)12-4-2/h8H,3-6H2,1-2H3. The first-order valence-electron chi connectivity index (χ1n) is 4.49. The third-order valence-electron chi connectivity index (χ3n) is 1.60. The molecule has 4 heteroatoms. The molecule has 74 valence electrons. The van der Waals surface area contributed by atoms with E-state index in [-0.39, 0.29) is 5.97 Å². The van der Waals surface area contributed by atoms with Crippen LogP contribution in [0.5, 0.6) is 0 Å². The van der Waals surface area contributed by atoms with E-state index in [9.17, 15) is 4.79 Å². The van der Waals surface area contributed by atoms with Gasteiger partial charge in [0.15, 0.2) is 6.04 Å². The fourth-order valence-electron chi connectivity index (χ4n) is 0.935. The number of nitrogens with zero attached hydrogens (tertiary/aromatic N) is 1. The van der Waals surface area contributed by atoms with Crippen molar-refractivity contribution in [2.24, 2.45) is 4.99 Å². The Labute approximate surface area is 84.2 Å². The minimum Gasteiger partial charge on any atom is -0.464 e. The van der Waals surface area contributed by atoms with E-state index >= 15 is 0 Å². The van der Waals surface area contributed by atoms with Crippen LogP contribution in [0.3, 0.4) is 0 Å². The van der Waals surface area contributed by atoms with Gasteiger partial charge in [-0.3, -0.25) is 0 Å². The van der Waals surface area contributed by atoms with Crippen LogP contribution < -0.4 is 0 Å². The highest BCUT2D eigenvalue weighted by Crippen LogP contribution is 2.06. The molecule has 0 N–H and O–H groups in total. The van der Waals surface area contributed by atoms with Crippen molar-refractivity contribution in [1.29, 1.82) is 0 Å². The van der Waals surface area contributed by atoms with Gasteiger partial charge in [0.1, 0.15) is 0 Å². The Morgan fingerprint density at radius 1 is 1.62 bits per heavy atom. The van der Waals surface area contributed by atoms with Crippen molar-refractivity contribution in [2.75, 3.05) is 6.61 Å². The van der Waals surface area contributed by atoms with Crippen molar-refractivity contribution in [3.05, 3.63) is 0 Å². The van der Waals surface area contributed by atoms with E-state index < -0.39 is 6.04 Å². The average Bonchev–Trinajstić information content (AvgIpc) is 2.12. The molecule has 0 aromatic rings. The minimum absolute atomic E-state index is 0.298. The van der Waals surface area contributed by atoms with Crippen LogP contribution in [0, 0.1) is 0 Å². The lowest BCUT2D eigenvalue weighted by Gasteiger charge is -2.08. The molecule has 1 unspecified atom stereocenters. The molecule has 0 saturated carbocycles. The summed E-state index contributed by atoms with van der Waals surface area (Å²) in [6, 6.07) is -0.447. The number of aliphatic imine (C=N–C) groups is 1. The third-order valence-corrected chi connectivity index (χ3v) is 1.70. The smallest absolute Gasteiger partial charge is 0.331 e. The Balaban J connectivity index is 4.06. The first-order valence-corrected chi connectivity index (χ1v) is 4.90. The summed E-state index contributed by atoms with van der Waals surface area (Å²) < 4.78 is 4.83. The van der Waals surface area contributed by atoms with Gasteiger partial charge in [-0.05, 0) is 25.6 Å². The Hall–Kier alpha value is -0.730. The van der Waals surface area contributed by atoms with Gasteiger partial charge in [0.2, 0.25) is 0 Å². The van der Waals surface area contributed by atoms with Crippen molar-refractivity contribution in [3.63, 3.8) is 0 Å². The van der Waals surface area contributed by atoms with Crippen molar-refractivity contribution in [1.82, 2.24) is 0 Å². The summed E-state index contributed by atoms with van der Waals surface area (Å²) >= 11 is 4.46. The molecule has 0 amide bonds. The van der Waals surface area contributed by atoms with Gasteiger partial charge in [-0.15, -0.1) is 0 Å². The van der Waals surface area contributed by atoms with Crippen molar-refractivity contribution >= 4 is 23.3 Å². The molecule has 0 aliphatic rings. The highest BCUT2D eigenvalue weighted by Gasteiger charge is 2.16. The fraction of sp³-hybridized carbons (Fsp3) is 0.778. The molecule has 0 spiro atoms. The van der Waals surface area contributed by atoms with Gasteiger partial charge >= 0.3 is 5.97 Å². The number of ether oxygens (including phenoxy) is 1. The van der Waals surface area contributed by atoms with E-state index in [1.54, 1.807) is 6.92 Å². The largest absolute Gasteiger partial charge is 0.464 e. The van der Waals surface area contributed by atoms with Gasteiger partial charge in [0, 0.05) is 0 Å². The number of carbonyl (C=O) groups is 1. The summed E-state index contributed by atoms with van der Waals surface area (Å²) in [7, 11) is 0. The molecule has 0 radical (unpaired) electrons. The maximum Gasteiger partial charge on any atom is 0.331 e. The molecular formula is C9H15NO2S. The molecule has 1 atom stereocenters. The molecule has 0 aliphatic carbocycles. The predicted molar refractivity (Wildman–Crippen MR) is 55.0 cm³/mol. The van der Waals surface area contributed by atoms with Crippen LogP contribution >= 0.6 is 12.2 Å². The van der Waals surface area contributed by atoms with E-state index in [0.29, 0.717) is 13.0 Å². The van der Waals surface area contributed by atoms with Crippen LogP contribution in [0.4, 0.5) is 0 Å². The second-order valence-electron chi connectivity index (χ2n) is 2.63. The Bertz CT molecular complexity index is 200. The minimum atomic E-state index is -0.447. The molecule has 0 heterocycles. The topological polar surface area (TPSA) is 38.7 Å². The van der Waals surface area contributed by atoms with Crippen molar-refractivity contribution < 1.29 is 9.53 Å². The van der Waals surface area contributed by atoms with E-state index in [2.05, 4.69) is 29.3 Å². The molecule has 0 saturated heterocycles. The fourth-order valence-corrected chi connectivity index (χ4v) is 1.06. The lowest BCUT2D eigenvalue weighted by Crippen LogP contribution is -2.21. The number of esters is 1. The molecule has 0 fully saturated rings. The highest BCUT2D eigenvalue weighted by molar-refractivity contribution is 7.78. The number of rotatable bonds is 6. The highest BCUT2D eigenvalue weighted by atomic mass is 32.1. The summed E-state index contributed by atoms with van der Waals surface area (Å²) in [4.78, 5) is 15.0. The lowest BCUT2D eigenvalue weighted by atomic mass is 10.1. The maximum absolute atomic E-state index is 11.2. The molecule has 0 aromatic carbocycles. The van der Waals surface area contributed by atoms with Crippen LogP contribution in [0.2, 0.25) is 0 Å². The van der Waals surface area contributed by atoms with Crippen LogP contribution in [0.1, 0.15) is 33.1 Å². The monoisotopic (exact) mass is 201 g/mol. The van der Waals surface area contributed by atoms with Crippen molar-refractivity contribution in [2.45, 2.75) is 39.2 Å². The normalized spacial score (nSPS) is 11.5. The van der Waals surface area contributed by atoms with E-state index in [1.807, 2.05) is 0 Å². The SMILES string of the molecule is CCCCC(N=C=S)C(=O)OCC. The van der Waals surface area contributed by atoms with Crippen LogP contribution in [0.25, 0.3) is 0 Å². The quantitative estimate of drug-likeness (QED) is 0.376. The van der Waals surface area contributed by atoms with Gasteiger partial charge in [-0.1, -0.05) is 19.8 Å². The zero-order valence-electron chi connectivity index (χ0n) is 8.08. The van der Waals surface area contributed by atoms with Gasteiger partial charge in [-0.25, -0.2) is 9.79 Å². The molecule has 0 rings (SSSR count). The van der Waals surface area contributed by atoms with Crippen LogP contribution in [-0.4, -0.2) is 23.8 Å². The first-order chi connectivity index (χ1) is 6.26. The van der Waals surface area contributed by atoms with Crippen LogP contribution in [0.15, 0.2) is 4.99 Å². The number of carbonyl (C=O) groups excluding carboxylic acids is 1. The Morgan fingerprint density at radius 3 is 2.77 bits per heavy atom. The summed E-state index contributed by atoms with van der Waals surface area (Å²) in [5.41, 5.74) is 0. The number of isothiocyanates is 1. The van der Waals surface area contributed by atoms with Gasteiger partial charge in [-0.2, -0.15) is 0 Å². The van der Waals surface area contributed by atoms with E-state index in [1.165, 1.54) is 0 Å². The number of unbranched alkanes of at least 4 members (excludes halogenated alkanes) is 1. The average molecular weight is 201 g/mol. The molecule has 0 aromatic heterocycles. The second kappa shape index (κ2) is 7.90. The van der Waals surface area contributed by atoms with E-state index in [4.69, 9.17) is 4.74 Å². The number of hydrogen-bond acceptors (Lipinski definition) is 4. The molecule has 0 aliphatic heterocycles. The lowest BCUT2D eigenvalue weighted by molar-refractivity contribution is -0.144. The Morgan fingerprint density at radius 2 is 2.31 bits per heavy atom. The first kappa shape index (κ1) is 12.3. The summed E-state index contributed by atoms with van der Waals surface area (Å²) in [5, 5.41) is 2.22. The zero-order valence-corrected chi connectivity index (χ0v) is 8.89. The van der Waals surface area contributed by atoms with Crippen LogP contribution in [-0.2, 0) is 9.53 Å². The molecular weight excluding hydrogens is 186 g/mol. The Kier molecular flexibility index (Phi) is 7.45. The molecule has 0 bridgehead atoms. The van der Waals surface area contributed by atoms with E-state index in [0.717, 1.165) is 12.8 Å². The summed E-state index contributed by atoms with van der Waals surface area (Å²) in [5.74, 6) is -0.298. The third kappa shape index (κ3) is 5.50. The summed E-state index contributed by atoms with van der Waals surface area (Å²) in [6.07, 6.45) is 2.67. The van der Waals surface area contributed by atoms with Gasteiger partial charge < -0.3 is 4.74 Å².